The van der Waals surface area contributed by atoms with Crippen molar-refractivity contribution in [1.82, 2.24) is 4.90 Å². The van der Waals surface area contributed by atoms with Crippen LogP contribution in [-0.4, -0.2) is 23.8 Å². The lowest BCUT2D eigenvalue weighted by Crippen LogP contribution is -2.11. The van der Waals surface area contributed by atoms with Crippen LogP contribution in [0, 0.1) is 12.0 Å². The summed E-state index contributed by atoms with van der Waals surface area (Å²) in [5.74, 6) is 2.65. The number of ketones is 1. The molecule has 1 saturated heterocycles. The van der Waals surface area contributed by atoms with E-state index in [-0.39, 0.29) is 5.78 Å². The molecule has 0 amide bonds. The van der Waals surface area contributed by atoms with Gasteiger partial charge in [0.25, 0.3) is 0 Å². The first-order chi connectivity index (χ1) is 5.33. The van der Waals surface area contributed by atoms with Crippen molar-refractivity contribution in [2.75, 3.05) is 13.1 Å². The fourth-order valence-corrected chi connectivity index (χ4v) is 1.06. The van der Waals surface area contributed by atoms with E-state index in [1.807, 2.05) is 11.8 Å². The zero-order chi connectivity index (χ0) is 8.10. The van der Waals surface area contributed by atoms with Crippen LogP contribution in [0.15, 0.2) is 0 Å². The number of carbonyl (C=O) groups excluding carboxylic acids is 1. The molecular weight excluding hydrogens is 138 g/mol. The average Bonchev–Trinajstić information content (AvgIpc) is 2.52. The molecule has 0 atom stereocenters. The van der Waals surface area contributed by atoms with E-state index >= 15 is 0 Å². The molecule has 1 aliphatic rings. The fraction of sp³-hybridized carbons (Fsp3) is 0.667. The topological polar surface area (TPSA) is 20.3 Å². The van der Waals surface area contributed by atoms with Crippen molar-refractivity contribution in [3.63, 3.8) is 0 Å². The van der Waals surface area contributed by atoms with Crippen molar-refractivity contribution < 1.29 is 4.79 Å². The van der Waals surface area contributed by atoms with Gasteiger partial charge in [-0.05, 0) is 18.8 Å². The lowest BCUT2D eigenvalue weighted by molar-refractivity contribution is -0.113. The summed E-state index contributed by atoms with van der Waals surface area (Å²) in [6.07, 6.45) is 2.96. The molecule has 60 valence electrons. The minimum absolute atomic E-state index is 0.0388. The van der Waals surface area contributed by atoms with Gasteiger partial charge in [0, 0.05) is 25.6 Å². The van der Waals surface area contributed by atoms with Crippen molar-refractivity contribution in [2.45, 2.75) is 26.2 Å². The molecule has 2 nitrogen and oxygen atoms in total. The van der Waals surface area contributed by atoms with Gasteiger partial charge in [-0.2, -0.15) is 0 Å². The summed E-state index contributed by atoms with van der Waals surface area (Å²) < 4.78 is 0. The molecule has 0 N–H and O–H groups in total. The van der Waals surface area contributed by atoms with Gasteiger partial charge in [-0.1, -0.05) is 6.92 Å². The molecule has 1 fully saturated rings. The lowest BCUT2D eigenvalue weighted by Gasteiger charge is -2.04. The van der Waals surface area contributed by atoms with Gasteiger partial charge < -0.3 is 4.90 Å². The molecule has 0 aromatic rings. The smallest absolute Gasteiger partial charge is 0.206 e. The van der Waals surface area contributed by atoms with Gasteiger partial charge in [0.1, 0.15) is 0 Å². The summed E-state index contributed by atoms with van der Waals surface area (Å²) in [4.78, 5) is 12.8. The minimum atomic E-state index is 0.0388. The van der Waals surface area contributed by atoms with Gasteiger partial charge in [-0.3, -0.25) is 4.79 Å². The predicted octanol–water partition coefficient (Wildman–Crippen LogP) is 1.02. The third kappa shape index (κ3) is 2.63. The first-order valence-corrected chi connectivity index (χ1v) is 4.12. The van der Waals surface area contributed by atoms with Crippen molar-refractivity contribution in [2.24, 2.45) is 0 Å². The summed E-state index contributed by atoms with van der Waals surface area (Å²) in [5, 5.41) is 0. The van der Waals surface area contributed by atoms with Crippen LogP contribution in [-0.2, 0) is 4.79 Å². The van der Waals surface area contributed by atoms with Gasteiger partial charge in [-0.25, -0.2) is 0 Å². The second-order valence-corrected chi connectivity index (χ2v) is 2.71. The SMILES string of the molecule is CCC(=O)C#CN1CCCC1. The molecule has 0 radical (unpaired) electrons. The Labute approximate surface area is 67.6 Å². The highest BCUT2D eigenvalue weighted by Gasteiger charge is 2.06. The number of Topliss-reactive ketones (excluding diaryl/α,β-unsaturated/α-hetero) is 1. The summed E-state index contributed by atoms with van der Waals surface area (Å²) in [5.41, 5.74) is 0. The molecule has 1 aliphatic heterocycles. The first-order valence-electron chi connectivity index (χ1n) is 4.12. The third-order valence-corrected chi connectivity index (χ3v) is 1.78. The van der Waals surface area contributed by atoms with Crippen LogP contribution in [0.25, 0.3) is 0 Å². The van der Waals surface area contributed by atoms with Crippen LogP contribution in [0.3, 0.4) is 0 Å². The molecule has 0 bridgehead atoms. The van der Waals surface area contributed by atoms with Crippen LogP contribution in [0.1, 0.15) is 26.2 Å². The maximum absolute atomic E-state index is 10.8. The zero-order valence-corrected chi connectivity index (χ0v) is 6.89. The molecule has 0 aromatic heterocycles. The Morgan fingerprint density at radius 1 is 1.45 bits per heavy atom. The van der Waals surface area contributed by atoms with E-state index in [0.29, 0.717) is 6.42 Å². The second kappa shape index (κ2) is 4.02. The Kier molecular flexibility index (Phi) is 2.97. The average molecular weight is 151 g/mol. The van der Waals surface area contributed by atoms with Gasteiger partial charge in [0.2, 0.25) is 5.78 Å². The van der Waals surface area contributed by atoms with E-state index in [1.165, 1.54) is 12.8 Å². The van der Waals surface area contributed by atoms with Crippen LogP contribution in [0.5, 0.6) is 0 Å². The predicted molar refractivity (Wildman–Crippen MR) is 43.9 cm³/mol. The van der Waals surface area contributed by atoms with E-state index in [2.05, 4.69) is 12.0 Å². The normalized spacial score (nSPS) is 15.9. The monoisotopic (exact) mass is 151 g/mol. The molecule has 0 aromatic carbocycles. The highest BCUT2D eigenvalue weighted by molar-refractivity contribution is 5.95. The number of likely N-dealkylation sites (tertiary alicyclic amines) is 1. The van der Waals surface area contributed by atoms with Crippen LogP contribution < -0.4 is 0 Å². The molecular formula is C9H13NO. The minimum Gasteiger partial charge on any atom is -0.332 e. The molecule has 1 rings (SSSR count). The summed E-state index contributed by atoms with van der Waals surface area (Å²) in [7, 11) is 0. The zero-order valence-electron chi connectivity index (χ0n) is 6.89. The maximum Gasteiger partial charge on any atom is 0.206 e. The van der Waals surface area contributed by atoms with Crippen LogP contribution >= 0.6 is 0 Å². The van der Waals surface area contributed by atoms with Crippen molar-refractivity contribution in [3.8, 4) is 12.0 Å². The molecule has 2 heteroatoms. The van der Waals surface area contributed by atoms with E-state index < -0.39 is 0 Å². The second-order valence-electron chi connectivity index (χ2n) is 2.71. The highest BCUT2D eigenvalue weighted by atomic mass is 16.1. The summed E-state index contributed by atoms with van der Waals surface area (Å²) >= 11 is 0. The number of rotatable bonds is 1. The third-order valence-electron chi connectivity index (χ3n) is 1.78. The molecule has 1 heterocycles. The standard InChI is InChI=1S/C9H13NO/c1-2-9(11)5-8-10-6-3-4-7-10/h2-4,6-7H2,1H3. The Morgan fingerprint density at radius 3 is 2.64 bits per heavy atom. The number of hydrogen-bond donors (Lipinski definition) is 0. The Bertz CT molecular complexity index is 193. The number of carbonyl (C=O) groups is 1. The lowest BCUT2D eigenvalue weighted by atomic mass is 10.3. The Balaban J connectivity index is 2.36. The van der Waals surface area contributed by atoms with Crippen LogP contribution in [0.4, 0.5) is 0 Å². The Hall–Kier alpha value is -0.970. The van der Waals surface area contributed by atoms with E-state index in [0.717, 1.165) is 13.1 Å². The van der Waals surface area contributed by atoms with E-state index in [1.54, 1.807) is 0 Å². The summed E-state index contributed by atoms with van der Waals surface area (Å²) in [6, 6.07) is 2.87. The van der Waals surface area contributed by atoms with Gasteiger partial charge in [0.05, 0.1) is 0 Å². The van der Waals surface area contributed by atoms with Crippen molar-refractivity contribution >= 4 is 5.78 Å². The van der Waals surface area contributed by atoms with Crippen molar-refractivity contribution in [3.05, 3.63) is 0 Å². The quantitative estimate of drug-likeness (QED) is 0.521. The van der Waals surface area contributed by atoms with Gasteiger partial charge in [0.15, 0.2) is 0 Å². The van der Waals surface area contributed by atoms with Crippen LogP contribution in [0.2, 0.25) is 0 Å². The van der Waals surface area contributed by atoms with E-state index in [9.17, 15) is 4.79 Å². The number of nitrogens with zero attached hydrogens (tertiary/aromatic N) is 1. The molecule has 0 unspecified atom stereocenters. The fourth-order valence-electron chi connectivity index (χ4n) is 1.06. The first kappa shape index (κ1) is 8.13. The molecule has 0 spiro atoms. The van der Waals surface area contributed by atoms with Gasteiger partial charge >= 0.3 is 0 Å². The largest absolute Gasteiger partial charge is 0.332 e. The summed E-state index contributed by atoms with van der Waals surface area (Å²) in [6.45, 7) is 3.90. The van der Waals surface area contributed by atoms with Crippen molar-refractivity contribution in [1.29, 1.82) is 0 Å². The maximum atomic E-state index is 10.8. The van der Waals surface area contributed by atoms with Gasteiger partial charge in [-0.15, -0.1) is 0 Å². The highest BCUT2D eigenvalue weighted by Crippen LogP contribution is 2.04. The number of hydrogen-bond acceptors (Lipinski definition) is 2. The molecule has 11 heavy (non-hydrogen) atoms. The van der Waals surface area contributed by atoms with E-state index in [4.69, 9.17) is 0 Å². The Morgan fingerprint density at radius 2 is 2.09 bits per heavy atom. The molecule has 0 saturated carbocycles. The molecule has 0 aliphatic carbocycles.